The first kappa shape index (κ1) is 14.1. The Morgan fingerprint density at radius 3 is 2.65 bits per heavy atom. The third-order valence-electron chi connectivity index (χ3n) is 2.71. The van der Waals surface area contributed by atoms with Crippen LogP contribution in [0.3, 0.4) is 0 Å². The molecule has 98 valence electrons. The second-order valence-corrected chi connectivity index (χ2v) is 5.34. The smallest absolute Gasteiger partial charge is 0.240 e. The Labute approximate surface area is 103 Å². The van der Waals surface area contributed by atoms with E-state index in [0.717, 1.165) is 18.7 Å². The molecule has 17 heavy (non-hydrogen) atoms. The predicted octanol–water partition coefficient (Wildman–Crippen LogP) is 1.52. The van der Waals surface area contributed by atoms with Crippen LogP contribution in [0.4, 0.5) is 0 Å². The van der Waals surface area contributed by atoms with Crippen LogP contribution in [0.25, 0.3) is 0 Å². The fourth-order valence-corrected chi connectivity index (χ4v) is 1.54. The van der Waals surface area contributed by atoms with Crippen LogP contribution in [0.2, 0.25) is 0 Å². The summed E-state index contributed by atoms with van der Waals surface area (Å²) in [6.07, 6.45) is 1.85. The number of rotatable bonds is 6. The van der Waals surface area contributed by atoms with Gasteiger partial charge in [0, 0.05) is 12.5 Å². The van der Waals surface area contributed by atoms with E-state index in [1.807, 2.05) is 0 Å². The number of nitrogens with zero attached hydrogens (tertiary/aromatic N) is 2. The summed E-state index contributed by atoms with van der Waals surface area (Å²) in [6, 6.07) is 0.0176. The van der Waals surface area contributed by atoms with Crippen LogP contribution in [0.1, 0.15) is 45.8 Å². The van der Waals surface area contributed by atoms with Crippen molar-refractivity contribution < 1.29 is 9.63 Å². The highest BCUT2D eigenvalue weighted by molar-refractivity contribution is 4.88. The molecule has 0 aliphatic rings. The maximum absolute atomic E-state index is 9.30. The van der Waals surface area contributed by atoms with Crippen LogP contribution < -0.4 is 5.32 Å². The Morgan fingerprint density at radius 1 is 1.41 bits per heavy atom. The molecular weight excluding hydrogens is 218 g/mol. The van der Waals surface area contributed by atoms with Gasteiger partial charge in [0.1, 0.15) is 0 Å². The van der Waals surface area contributed by atoms with Crippen molar-refractivity contribution in [3.05, 3.63) is 11.7 Å². The van der Waals surface area contributed by atoms with Crippen LogP contribution in [-0.4, -0.2) is 27.9 Å². The molecular formula is C12H23N3O2. The molecule has 2 N–H and O–H groups in total. The number of aromatic nitrogens is 2. The first-order valence-electron chi connectivity index (χ1n) is 6.13. The van der Waals surface area contributed by atoms with Crippen LogP contribution in [0.5, 0.6) is 0 Å². The summed E-state index contributed by atoms with van der Waals surface area (Å²) in [6.45, 7) is 8.92. The molecule has 1 rings (SSSR count). The summed E-state index contributed by atoms with van der Waals surface area (Å²) in [5, 5.41) is 16.4. The summed E-state index contributed by atoms with van der Waals surface area (Å²) in [4.78, 5) is 4.27. The van der Waals surface area contributed by atoms with Gasteiger partial charge in [-0.15, -0.1) is 0 Å². The minimum Gasteiger partial charge on any atom is -0.395 e. The van der Waals surface area contributed by atoms with Gasteiger partial charge in [-0.05, 0) is 11.8 Å². The molecule has 0 aliphatic heterocycles. The van der Waals surface area contributed by atoms with Gasteiger partial charge in [-0.3, -0.25) is 0 Å². The lowest BCUT2D eigenvalue weighted by Gasteiger charge is -2.29. The average Bonchev–Trinajstić information content (AvgIpc) is 2.65. The fourth-order valence-electron chi connectivity index (χ4n) is 1.54. The van der Waals surface area contributed by atoms with E-state index < -0.39 is 0 Å². The Kier molecular flexibility index (Phi) is 5.08. The zero-order valence-electron chi connectivity index (χ0n) is 11.2. The maximum atomic E-state index is 9.30. The summed E-state index contributed by atoms with van der Waals surface area (Å²) < 4.78 is 5.12. The molecule has 5 heteroatoms. The van der Waals surface area contributed by atoms with Crippen LogP contribution in [-0.2, 0) is 13.0 Å². The van der Waals surface area contributed by atoms with Gasteiger partial charge >= 0.3 is 0 Å². The molecule has 0 bridgehead atoms. The predicted molar refractivity (Wildman–Crippen MR) is 65.5 cm³/mol. The topological polar surface area (TPSA) is 71.2 Å². The summed E-state index contributed by atoms with van der Waals surface area (Å²) in [5.41, 5.74) is 0.00101. The third kappa shape index (κ3) is 4.44. The lowest BCUT2D eigenvalue weighted by Crippen LogP contribution is -2.42. The molecule has 5 nitrogen and oxygen atoms in total. The van der Waals surface area contributed by atoms with Crippen LogP contribution in [0, 0.1) is 5.41 Å². The SMILES string of the molecule is CCCc1noc(CN[C@H](CO)C(C)(C)C)n1. The van der Waals surface area contributed by atoms with Gasteiger partial charge in [0.2, 0.25) is 5.89 Å². The van der Waals surface area contributed by atoms with E-state index in [2.05, 4.69) is 43.2 Å². The highest BCUT2D eigenvalue weighted by atomic mass is 16.5. The molecule has 0 amide bonds. The number of hydrogen-bond acceptors (Lipinski definition) is 5. The van der Waals surface area contributed by atoms with Gasteiger partial charge in [-0.2, -0.15) is 4.98 Å². The quantitative estimate of drug-likeness (QED) is 0.790. The lowest BCUT2D eigenvalue weighted by molar-refractivity contribution is 0.154. The summed E-state index contributed by atoms with van der Waals surface area (Å²) in [7, 11) is 0. The lowest BCUT2D eigenvalue weighted by atomic mass is 9.87. The van der Waals surface area contributed by atoms with Gasteiger partial charge in [-0.1, -0.05) is 32.9 Å². The Balaban J connectivity index is 2.48. The molecule has 0 unspecified atom stereocenters. The zero-order valence-corrected chi connectivity index (χ0v) is 11.2. The van der Waals surface area contributed by atoms with E-state index in [1.54, 1.807) is 0 Å². The minimum atomic E-state index is 0.00101. The summed E-state index contributed by atoms with van der Waals surface area (Å²) in [5.74, 6) is 1.33. The average molecular weight is 241 g/mol. The van der Waals surface area contributed by atoms with Crippen molar-refractivity contribution in [2.45, 2.75) is 53.1 Å². The third-order valence-corrected chi connectivity index (χ3v) is 2.71. The van der Waals surface area contributed by atoms with Crippen molar-refractivity contribution in [2.75, 3.05) is 6.61 Å². The minimum absolute atomic E-state index is 0.00101. The Hall–Kier alpha value is -0.940. The maximum Gasteiger partial charge on any atom is 0.240 e. The van der Waals surface area contributed by atoms with E-state index in [4.69, 9.17) is 4.52 Å². The van der Waals surface area contributed by atoms with Gasteiger partial charge in [0.25, 0.3) is 0 Å². The Bertz CT molecular complexity index is 331. The second kappa shape index (κ2) is 6.12. The standard InChI is InChI=1S/C12H23N3O2/c1-5-6-10-14-11(17-15-10)7-13-9(8-16)12(2,3)4/h9,13,16H,5-8H2,1-4H3/t9-/m1/s1. The van der Waals surface area contributed by atoms with Gasteiger partial charge in [-0.25, -0.2) is 0 Å². The monoisotopic (exact) mass is 241 g/mol. The van der Waals surface area contributed by atoms with Crippen molar-refractivity contribution >= 4 is 0 Å². The number of hydrogen-bond donors (Lipinski definition) is 2. The van der Waals surface area contributed by atoms with Crippen molar-refractivity contribution in [2.24, 2.45) is 5.41 Å². The first-order valence-corrected chi connectivity index (χ1v) is 6.13. The fraction of sp³-hybridized carbons (Fsp3) is 0.833. The molecule has 0 aliphatic carbocycles. The molecule has 1 atom stereocenters. The number of aliphatic hydroxyl groups excluding tert-OH is 1. The zero-order chi connectivity index (χ0) is 12.9. The van der Waals surface area contributed by atoms with Gasteiger partial charge in [0.15, 0.2) is 5.82 Å². The van der Waals surface area contributed by atoms with Crippen molar-refractivity contribution in [1.82, 2.24) is 15.5 Å². The molecule has 1 aromatic heterocycles. The molecule has 1 aromatic rings. The highest BCUT2D eigenvalue weighted by Gasteiger charge is 2.23. The number of aryl methyl sites for hydroxylation is 1. The molecule has 0 saturated heterocycles. The van der Waals surface area contributed by atoms with E-state index in [9.17, 15) is 5.11 Å². The second-order valence-electron chi connectivity index (χ2n) is 5.34. The highest BCUT2D eigenvalue weighted by Crippen LogP contribution is 2.19. The molecule has 0 saturated carbocycles. The van der Waals surface area contributed by atoms with E-state index in [-0.39, 0.29) is 18.1 Å². The van der Waals surface area contributed by atoms with Crippen LogP contribution in [0.15, 0.2) is 4.52 Å². The van der Waals surface area contributed by atoms with Crippen LogP contribution >= 0.6 is 0 Å². The van der Waals surface area contributed by atoms with E-state index in [0.29, 0.717) is 12.4 Å². The molecule has 0 spiro atoms. The van der Waals surface area contributed by atoms with E-state index >= 15 is 0 Å². The largest absolute Gasteiger partial charge is 0.395 e. The van der Waals surface area contributed by atoms with Crippen molar-refractivity contribution in [3.63, 3.8) is 0 Å². The van der Waals surface area contributed by atoms with Crippen molar-refractivity contribution in [3.8, 4) is 0 Å². The number of aliphatic hydroxyl groups is 1. The molecule has 1 heterocycles. The molecule has 0 radical (unpaired) electrons. The van der Waals surface area contributed by atoms with Crippen molar-refractivity contribution in [1.29, 1.82) is 0 Å². The number of nitrogens with one attached hydrogen (secondary N) is 1. The molecule has 0 fully saturated rings. The van der Waals surface area contributed by atoms with Gasteiger partial charge in [0.05, 0.1) is 13.2 Å². The van der Waals surface area contributed by atoms with Gasteiger partial charge < -0.3 is 14.9 Å². The molecule has 0 aromatic carbocycles. The first-order chi connectivity index (χ1) is 7.97. The van der Waals surface area contributed by atoms with E-state index in [1.165, 1.54) is 0 Å². The summed E-state index contributed by atoms with van der Waals surface area (Å²) >= 11 is 0. The Morgan fingerprint density at radius 2 is 2.12 bits per heavy atom. The normalized spacial score (nSPS) is 13.9.